The lowest BCUT2D eigenvalue weighted by atomic mass is 10.0. The van der Waals surface area contributed by atoms with Crippen LogP contribution in [0.2, 0.25) is 0 Å². The molecule has 0 amide bonds. The van der Waals surface area contributed by atoms with Gasteiger partial charge >= 0.3 is 0 Å². The minimum atomic E-state index is 0.799. The lowest BCUT2D eigenvalue weighted by molar-refractivity contribution is 0.439. The minimum Gasteiger partial charge on any atom is -0.340 e. The van der Waals surface area contributed by atoms with Crippen molar-refractivity contribution in [3.05, 3.63) is 16.0 Å². The van der Waals surface area contributed by atoms with E-state index in [-0.39, 0.29) is 0 Å². The van der Waals surface area contributed by atoms with Crippen molar-refractivity contribution in [2.45, 2.75) is 6.92 Å². The molecule has 0 atom stereocenters. The molecule has 0 aliphatic carbocycles. The molecule has 0 aromatic carbocycles. The zero-order chi connectivity index (χ0) is 8.55. The Morgan fingerprint density at radius 3 is 2.50 bits per heavy atom. The molecule has 0 spiro atoms. The third kappa shape index (κ3) is 1.53. The molecule has 3 nitrogen and oxygen atoms in total. The molecule has 1 fully saturated rings. The molecular formula is C8H10IN3. The lowest BCUT2D eigenvalue weighted by Gasteiger charge is -2.36. The van der Waals surface area contributed by atoms with Crippen molar-refractivity contribution in [2.24, 2.45) is 5.92 Å². The zero-order valence-corrected chi connectivity index (χ0v) is 9.02. The maximum Gasteiger partial charge on any atom is 0.225 e. The number of hydrogen-bond donors (Lipinski definition) is 0. The van der Waals surface area contributed by atoms with E-state index in [0.717, 1.165) is 28.5 Å². The Bertz CT molecular complexity index is 266. The number of halogens is 1. The summed E-state index contributed by atoms with van der Waals surface area (Å²) < 4.78 is 1.09. The van der Waals surface area contributed by atoms with Gasteiger partial charge in [0, 0.05) is 29.1 Å². The molecule has 2 heterocycles. The minimum absolute atomic E-state index is 0.799. The summed E-state index contributed by atoms with van der Waals surface area (Å²) in [7, 11) is 0. The first-order valence-electron chi connectivity index (χ1n) is 3.98. The number of anilines is 1. The van der Waals surface area contributed by atoms with Gasteiger partial charge in [-0.15, -0.1) is 0 Å². The maximum atomic E-state index is 4.24. The number of nitrogens with zero attached hydrogens (tertiary/aromatic N) is 3. The van der Waals surface area contributed by atoms with Crippen LogP contribution < -0.4 is 4.90 Å². The van der Waals surface area contributed by atoms with Crippen molar-refractivity contribution in [1.29, 1.82) is 0 Å². The smallest absolute Gasteiger partial charge is 0.225 e. The van der Waals surface area contributed by atoms with Crippen molar-refractivity contribution in [3.63, 3.8) is 0 Å². The van der Waals surface area contributed by atoms with E-state index in [2.05, 4.69) is 44.4 Å². The summed E-state index contributed by atoms with van der Waals surface area (Å²) >= 11 is 2.21. The Kier molecular flexibility index (Phi) is 2.16. The average molecular weight is 275 g/mol. The second-order valence-electron chi connectivity index (χ2n) is 3.21. The molecule has 4 heteroatoms. The van der Waals surface area contributed by atoms with Gasteiger partial charge in [0.15, 0.2) is 0 Å². The van der Waals surface area contributed by atoms with Crippen LogP contribution >= 0.6 is 22.6 Å². The van der Waals surface area contributed by atoms with Gasteiger partial charge in [-0.2, -0.15) is 0 Å². The molecule has 64 valence electrons. The third-order valence-electron chi connectivity index (χ3n) is 1.95. The second kappa shape index (κ2) is 3.16. The molecule has 0 radical (unpaired) electrons. The van der Waals surface area contributed by atoms with Gasteiger partial charge < -0.3 is 4.90 Å². The van der Waals surface area contributed by atoms with Gasteiger partial charge in [0.1, 0.15) is 0 Å². The van der Waals surface area contributed by atoms with Gasteiger partial charge in [-0.1, -0.05) is 6.92 Å². The molecule has 1 aliphatic rings. The molecule has 0 unspecified atom stereocenters. The van der Waals surface area contributed by atoms with Crippen molar-refractivity contribution in [1.82, 2.24) is 9.97 Å². The Balaban J connectivity index is 2.09. The number of rotatable bonds is 1. The van der Waals surface area contributed by atoms with Crippen LogP contribution in [0.4, 0.5) is 5.95 Å². The topological polar surface area (TPSA) is 29.0 Å². The van der Waals surface area contributed by atoms with Crippen LogP contribution in [0.15, 0.2) is 12.4 Å². The van der Waals surface area contributed by atoms with Crippen LogP contribution in [-0.2, 0) is 0 Å². The number of hydrogen-bond acceptors (Lipinski definition) is 3. The van der Waals surface area contributed by atoms with E-state index in [0.29, 0.717) is 0 Å². The van der Waals surface area contributed by atoms with Crippen LogP contribution in [0.25, 0.3) is 0 Å². The maximum absolute atomic E-state index is 4.24. The molecule has 0 bridgehead atoms. The van der Waals surface area contributed by atoms with E-state index >= 15 is 0 Å². The normalized spacial score (nSPS) is 17.7. The fourth-order valence-corrected chi connectivity index (χ4v) is 1.61. The van der Waals surface area contributed by atoms with E-state index in [9.17, 15) is 0 Å². The van der Waals surface area contributed by atoms with Gasteiger partial charge in [-0.25, -0.2) is 9.97 Å². The predicted octanol–water partition coefficient (Wildman–Crippen LogP) is 1.54. The summed E-state index contributed by atoms with van der Waals surface area (Å²) in [4.78, 5) is 10.7. The summed E-state index contributed by atoms with van der Waals surface area (Å²) in [6, 6.07) is 0. The Hall–Kier alpha value is -0.390. The van der Waals surface area contributed by atoms with Crippen LogP contribution in [-0.4, -0.2) is 23.1 Å². The highest BCUT2D eigenvalue weighted by atomic mass is 127. The number of aromatic nitrogens is 2. The van der Waals surface area contributed by atoms with Gasteiger partial charge in [-0.05, 0) is 28.5 Å². The highest BCUT2D eigenvalue weighted by Crippen LogP contribution is 2.19. The summed E-state index contributed by atoms with van der Waals surface area (Å²) in [5, 5.41) is 0. The van der Waals surface area contributed by atoms with Gasteiger partial charge in [0.25, 0.3) is 0 Å². The highest BCUT2D eigenvalue weighted by Gasteiger charge is 2.24. The molecule has 1 aromatic rings. The molecule has 1 aromatic heterocycles. The zero-order valence-electron chi connectivity index (χ0n) is 6.87. The van der Waals surface area contributed by atoms with E-state index in [1.165, 1.54) is 0 Å². The average Bonchev–Trinajstić information content (AvgIpc) is 2.01. The lowest BCUT2D eigenvalue weighted by Crippen LogP contribution is -2.46. The monoisotopic (exact) mass is 275 g/mol. The first-order valence-corrected chi connectivity index (χ1v) is 5.06. The Morgan fingerprint density at radius 1 is 1.42 bits per heavy atom. The largest absolute Gasteiger partial charge is 0.340 e. The first-order chi connectivity index (χ1) is 5.75. The SMILES string of the molecule is CC1CN(c2ncc(I)cn2)C1. The van der Waals surface area contributed by atoms with E-state index in [1.807, 2.05) is 12.4 Å². The van der Waals surface area contributed by atoms with Crippen LogP contribution in [0.5, 0.6) is 0 Å². The standard InChI is InChI=1S/C8H10IN3/c1-6-4-12(5-6)8-10-2-7(9)3-11-8/h2-3,6H,4-5H2,1H3. The van der Waals surface area contributed by atoms with Crippen molar-refractivity contribution in [2.75, 3.05) is 18.0 Å². The summed E-state index contributed by atoms with van der Waals surface area (Å²) in [5.41, 5.74) is 0. The van der Waals surface area contributed by atoms with Gasteiger partial charge in [-0.3, -0.25) is 0 Å². The highest BCUT2D eigenvalue weighted by molar-refractivity contribution is 14.1. The second-order valence-corrected chi connectivity index (χ2v) is 4.46. The molecule has 1 aliphatic heterocycles. The third-order valence-corrected chi connectivity index (χ3v) is 2.51. The van der Waals surface area contributed by atoms with Crippen LogP contribution in [0.1, 0.15) is 6.92 Å². The Labute approximate surface area is 85.3 Å². The first kappa shape index (κ1) is 8.22. The van der Waals surface area contributed by atoms with Crippen LogP contribution in [0, 0.1) is 9.49 Å². The Morgan fingerprint density at radius 2 is 2.00 bits per heavy atom. The molecule has 0 N–H and O–H groups in total. The summed E-state index contributed by atoms with van der Waals surface area (Å²) in [6.45, 7) is 4.43. The van der Waals surface area contributed by atoms with Crippen molar-refractivity contribution >= 4 is 28.5 Å². The van der Waals surface area contributed by atoms with E-state index in [4.69, 9.17) is 0 Å². The summed E-state index contributed by atoms with van der Waals surface area (Å²) in [6.07, 6.45) is 3.71. The van der Waals surface area contributed by atoms with E-state index < -0.39 is 0 Å². The quantitative estimate of drug-likeness (QED) is 0.728. The van der Waals surface area contributed by atoms with Crippen molar-refractivity contribution in [3.8, 4) is 0 Å². The van der Waals surface area contributed by atoms with Gasteiger partial charge in [0.2, 0.25) is 5.95 Å². The van der Waals surface area contributed by atoms with Crippen LogP contribution in [0.3, 0.4) is 0 Å². The molecule has 1 saturated heterocycles. The van der Waals surface area contributed by atoms with Crippen molar-refractivity contribution < 1.29 is 0 Å². The van der Waals surface area contributed by atoms with Gasteiger partial charge in [0.05, 0.1) is 0 Å². The fraction of sp³-hybridized carbons (Fsp3) is 0.500. The molecular weight excluding hydrogens is 265 g/mol. The van der Waals surface area contributed by atoms with E-state index in [1.54, 1.807) is 0 Å². The summed E-state index contributed by atoms with van der Waals surface area (Å²) in [5.74, 6) is 1.67. The predicted molar refractivity (Wildman–Crippen MR) is 56.1 cm³/mol. The molecule has 0 saturated carbocycles. The molecule has 12 heavy (non-hydrogen) atoms. The molecule has 2 rings (SSSR count). The fourth-order valence-electron chi connectivity index (χ4n) is 1.33.